The lowest BCUT2D eigenvalue weighted by Crippen LogP contribution is -2.44. The predicted octanol–water partition coefficient (Wildman–Crippen LogP) is 2.45. The molecule has 1 saturated heterocycles. The molecule has 1 N–H and O–H groups in total. The van der Waals surface area contributed by atoms with Crippen LogP contribution in [0.4, 0.5) is 0 Å². The Hall–Kier alpha value is -0.900. The first kappa shape index (κ1) is 14.5. The molecule has 1 aliphatic heterocycles. The highest BCUT2D eigenvalue weighted by atomic mass is 16.5. The Bertz CT molecular complexity index is 347. The van der Waals surface area contributed by atoms with Crippen LogP contribution in [0.25, 0.3) is 0 Å². The van der Waals surface area contributed by atoms with Crippen molar-refractivity contribution in [2.75, 3.05) is 32.8 Å². The lowest BCUT2D eigenvalue weighted by Gasteiger charge is -2.34. The summed E-state index contributed by atoms with van der Waals surface area (Å²) in [7, 11) is 0. The molecule has 1 heterocycles. The maximum Gasteiger partial charge on any atom is 0.0593 e. The summed E-state index contributed by atoms with van der Waals surface area (Å²) in [5, 5.41) is 3.63. The van der Waals surface area contributed by atoms with E-state index in [1.54, 1.807) is 0 Å². The van der Waals surface area contributed by atoms with E-state index >= 15 is 0 Å². The van der Waals surface area contributed by atoms with Crippen LogP contribution in [-0.2, 0) is 4.74 Å². The van der Waals surface area contributed by atoms with Crippen molar-refractivity contribution in [2.24, 2.45) is 0 Å². The number of nitrogens with one attached hydrogen (secondary N) is 1. The van der Waals surface area contributed by atoms with Gasteiger partial charge in [0.25, 0.3) is 0 Å². The van der Waals surface area contributed by atoms with Crippen LogP contribution in [-0.4, -0.2) is 43.8 Å². The van der Waals surface area contributed by atoms with Crippen molar-refractivity contribution in [3.05, 3.63) is 35.9 Å². The van der Waals surface area contributed by atoms with Crippen LogP contribution < -0.4 is 5.32 Å². The summed E-state index contributed by atoms with van der Waals surface area (Å²) in [6.07, 6.45) is 1.14. The van der Waals surface area contributed by atoms with E-state index in [4.69, 9.17) is 4.74 Å². The first-order valence-corrected chi connectivity index (χ1v) is 7.43. The standard InChI is InChI=1S/C16H26N2O/c1-3-17-16(15-8-5-4-6-9-15)14(2)18-10-7-12-19-13-11-18/h4-6,8-9,14,16-17H,3,7,10-13H2,1-2H3. The highest BCUT2D eigenvalue weighted by molar-refractivity contribution is 5.20. The van der Waals surface area contributed by atoms with Gasteiger partial charge in [-0.2, -0.15) is 0 Å². The highest BCUT2D eigenvalue weighted by Crippen LogP contribution is 2.21. The van der Waals surface area contributed by atoms with Gasteiger partial charge in [0.1, 0.15) is 0 Å². The van der Waals surface area contributed by atoms with Crippen LogP contribution in [0.2, 0.25) is 0 Å². The SMILES string of the molecule is CCNC(c1ccccc1)C(C)N1CCCOCC1. The molecule has 3 heteroatoms. The van der Waals surface area contributed by atoms with Crippen molar-refractivity contribution in [1.82, 2.24) is 10.2 Å². The molecule has 1 aromatic rings. The molecular weight excluding hydrogens is 236 g/mol. The Morgan fingerprint density at radius 2 is 2.00 bits per heavy atom. The van der Waals surface area contributed by atoms with Gasteiger partial charge in [-0.05, 0) is 25.5 Å². The zero-order valence-corrected chi connectivity index (χ0v) is 12.1. The van der Waals surface area contributed by atoms with Gasteiger partial charge in [-0.1, -0.05) is 37.3 Å². The number of hydrogen-bond donors (Lipinski definition) is 1. The molecule has 3 nitrogen and oxygen atoms in total. The Morgan fingerprint density at radius 3 is 2.74 bits per heavy atom. The minimum Gasteiger partial charge on any atom is -0.380 e. The molecule has 1 aliphatic rings. The average Bonchev–Trinajstić information content (AvgIpc) is 2.74. The molecular formula is C16H26N2O. The maximum absolute atomic E-state index is 5.56. The Balaban J connectivity index is 2.09. The molecule has 0 radical (unpaired) electrons. The summed E-state index contributed by atoms with van der Waals surface area (Å²) in [6.45, 7) is 9.43. The van der Waals surface area contributed by atoms with Gasteiger partial charge in [-0.15, -0.1) is 0 Å². The fourth-order valence-corrected chi connectivity index (χ4v) is 2.83. The van der Waals surface area contributed by atoms with Crippen LogP contribution in [0.1, 0.15) is 31.9 Å². The van der Waals surface area contributed by atoms with E-state index in [0.29, 0.717) is 12.1 Å². The van der Waals surface area contributed by atoms with E-state index in [9.17, 15) is 0 Å². The normalized spacial score (nSPS) is 20.7. The molecule has 0 saturated carbocycles. The van der Waals surface area contributed by atoms with Crippen molar-refractivity contribution in [3.63, 3.8) is 0 Å². The summed E-state index contributed by atoms with van der Waals surface area (Å²) in [6, 6.07) is 11.6. The lowest BCUT2D eigenvalue weighted by molar-refractivity contribution is 0.125. The monoisotopic (exact) mass is 262 g/mol. The number of hydrogen-bond acceptors (Lipinski definition) is 3. The first-order valence-electron chi connectivity index (χ1n) is 7.43. The van der Waals surface area contributed by atoms with Crippen molar-refractivity contribution in [3.8, 4) is 0 Å². The Kier molecular flexibility index (Phi) is 5.83. The van der Waals surface area contributed by atoms with Gasteiger partial charge in [0.15, 0.2) is 0 Å². The number of nitrogens with zero attached hydrogens (tertiary/aromatic N) is 1. The molecule has 0 amide bonds. The van der Waals surface area contributed by atoms with Gasteiger partial charge in [0.2, 0.25) is 0 Å². The van der Waals surface area contributed by atoms with Crippen molar-refractivity contribution in [2.45, 2.75) is 32.4 Å². The molecule has 2 atom stereocenters. The summed E-state index contributed by atoms with van der Waals surface area (Å²) in [4.78, 5) is 2.55. The minimum absolute atomic E-state index is 0.393. The van der Waals surface area contributed by atoms with Crippen LogP contribution in [0.5, 0.6) is 0 Å². The summed E-state index contributed by atoms with van der Waals surface area (Å²) >= 11 is 0. The van der Waals surface area contributed by atoms with Crippen molar-refractivity contribution < 1.29 is 4.74 Å². The lowest BCUT2D eigenvalue weighted by atomic mass is 9.99. The van der Waals surface area contributed by atoms with Gasteiger partial charge in [0, 0.05) is 31.8 Å². The van der Waals surface area contributed by atoms with Crippen molar-refractivity contribution in [1.29, 1.82) is 0 Å². The highest BCUT2D eigenvalue weighted by Gasteiger charge is 2.24. The van der Waals surface area contributed by atoms with E-state index < -0.39 is 0 Å². The summed E-state index contributed by atoms with van der Waals surface area (Å²) in [5.41, 5.74) is 1.38. The molecule has 106 valence electrons. The smallest absolute Gasteiger partial charge is 0.0593 e. The number of ether oxygens (including phenoxy) is 1. The molecule has 1 aromatic carbocycles. The van der Waals surface area contributed by atoms with Gasteiger partial charge in [0.05, 0.1) is 6.61 Å². The second kappa shape index (κ2) is 7.63. The minimum atomic E-state index is 0.393. The molecule has 0 spiro atoms. The molecule has 0 aromatic heterocycles. The van der Waals surface area contributed by atoms with E-state index in [1.807, 2.05) is 0 Å². The zero-order chi connectivity index (χ0) is 13.5. The second-order valence-corrected chi connectivity index (χ2v) is 5.19. The summed E-state index contributed by atoms with van der Waals surface area (Å²) < 4.78 is 5.56. The first-order chi connectivity index (χ1) is 9.33. The number of likely N-dealkylation sites (N-methyl/N-ethyl adjacent to an activating group) is 1. The maximum atomic E-state index is 5.56. The number of rotatable bonds is 5. The third-order valence-corrected chi connectivity index (χ3v) is 3.90. The third kappa shape index (κ3) is 4.03. The van der Waals surface area contributed by atoms with E-state index in [0.717, 1.165) is 39.3 Å². The van der Waals surface area contributed by atoms with Crippen LogP contribution in [0.15, 0.2) is 30.3 Å². The van der Waals surface area contributed by atoms with Crippen LogP contribution >= 0.6 is 0 Å². The Morgan fingerprint density at radius 1 is 1.21 bits per heavy atom. The number of benzene rings is 1. The molecule has 1 fully saturated rings. The Labute approximate surface area is 116 Å². The predicted molar refractivity (Wildman–Crippen MR) is 79.3 cm³/mol. The van der Waals surface area contributed by atoms with Gasteiger partial charge in [-0.3, -0.25) is 4.90 Å². The average molecular weight is 262 g/mol. The van der Waals surface area contributed by atoms with Gasteiger partial charge < -0.3 is 10.1 Å². The van der Waals surface area contributed by atoms with Gasteiger partial charge in [-0.25, -0.2) is 0 Å². The fraction of sp³-hybridized carbons (Fsp3) is 0.625. The molecule has 0 aliphatic carbocycles. The summed E-state index contributed by atoms with van der Waals surface area (Å²) in [5.74, 6) is 0. The van der Waals surface area contributed by atoms with Crippen molar-refractivity contribution >= 4 is 0 Å². The topological polar surface area (TPSA) is 24.5 Å². The third-order valence-electron chi connectivity index (χ3n) is 3.90. The molecule has 2 rings (SSSR count). The van der Waals surface area contributed by atoms with E-state index in [2.05, 4.69) is 54.4 Å². The van der Waals surface area contributed by atoms with E-state index in [1.165, 1.54) is 5.56 Å². The molecule has 19 heavy (non-hydrogen) atoms. The quantitative estimate of drug-likeness (QED) is 0.882. The largest absolute Gasteiger partial charge is 0.380 e. The molecule has 2 unspecified atom stereocenters. The fourth-order valence-electron chi connectivity index (χ4n) is 2.83. The zero-order valence-electron chi connectivity index (χ0n) is 12.1. The van der Waals surface area contributed by atoms with Crippen LogP contribution in [0.3, 0.4) is 0 Å². The van der Waals surface area contributed by atoms with Gasteiger partial charge >= 0.3 is 0 Å². The molecule has 0 bridgehead atoms. The van der Waals surface area contributed by atoms with Crippen LogP contribution in [0, 0.1) is 0 Å². The van der Waals surface area contributed by atoms with E-state index in [-0.39, 0.29) is 0 Å². The second-order valence-electron chi connectivity index (χ2n) is 5.19.